The Hall–Kier alpha value is -3.02. The van der Waals surface area contributed by atoms with Gasteiger partial charge < -0.3 is 9.64 Å². The minimum atomic E-state index is -3.80. The number of carbonyl (C=O) groups is 1. The highest BCUT2D eigenvalue weighted by Gasteiger charge is 2.32. The number of methoxy groups -OCH3 is 1. The number of nitrogens with one attached hydrogen (secondary N) is 1. The summed E-state index contributed by atoms with van der Waals surface area (Å²) in [5.74, 6) is 0.386. The normalized spacial score (nSPS) is 14.9. The van der Waals surface area contributed by atoms with E-state index in [1.165, 1.54) is 4.31 Å². The summed E-state index contributed by atoms with van der Waals surface area (Å²) in [7, 11) is -2.18. The van der Waals surface area contributed by atoms with Crippen molar-refractivity contribution in [3.63, 3.8) is 0 Å². The van der Waals surface area contributed by atoms with Crippen LogP contribution in [0.4, 0.5) is 10.8 Å². The number of amides is 1. The second kappa shape index (κ2) is 9.23. The van der Waals surface area contributed by atoms with Crippen LogP contribution in [0.3, 0.4) is 0 Å². The van der Waals surface area contributed by atoms with Gasteiger partial charge in [-0.3, -0.25) is 10.1 Å². The first kappa shape index (κ1) is 22.2. The highest BCUT2D eigenvalue weighted by atomic mass is 32.2. The van der Waals surface area contributed by atoms with Crippen molar-refractivity contribution in [3.8, 4) is 5.75 Å². The van der Waals surface area contributed by atoms with Crippen LogP contribution in [0.25, 0.3) is 0 Å². The molecule has 0 unspecified atom stereocenters. The molecule has 0 atom stereocenters. The number of piperazine rings is 1. The summed E-state index contributed by atoms with van der Waals surface area (Å²) in [6.45, 7) is 3.60. The van der Waals surface area contributed by atoms with Crippen molar-refractivity contribution in [2.24, 2.45) is 0 Å². The molecule has 1 aromatic heterocycles. The maximum atomic E-state index is 13.0. The molecule has 9 nitrogen and oxygen atoms in total. The van der Waals surface area contributed by atoms with E-state index in [2.05, 4.69) is 20.4 Å². The van der Waals surface area contributed by atoms with E-state index in [1.54, 1.807) is 19.2 Å². The molecule has 11 heteroatoms. The van der Waals surface area contributed by atoms with Gasteiger partial charge in [0.15, 0.2) is 0 Å². The highest BCUT2D eigenvalue weighted by Crippen LogP contribution is 2.30. The largest absolute Gasteiger partial charge is 0.495 e. The van der Waals surface area contributed by atoms with Crippen molar-refractivity contribution >= 4 is 38.1 Å². The molecule has 1 fully saturated rings. The molecule has 0 spiro atoms. The minimum Gasteiger partial charge on any atom is -0.495 e. The smallest absolute Gasteiger partial charge is 0.272 e. The number of ether oxygens (including phenoxy) is 1. The zero-order valence-corrected chi connectivity index (χ0v) is 19.3. The van der Waals surface area contributed by atoms with Crippen LogP contribution in [0.15, 0.2) is 52.9 Å². The van der Waals surface area contributed by atoms with Crippen LogP contribution in [0, 0.1) is 6.92 Å². The first-order chi connectivity index (χ1) is 15.4. The molecule has 1 N–H and O–H groups in total. The van der Waals surface area contributed by atoms with Gasteiger partial charge in [0.1, 0.15) is 5.75 Å². The van der Waals surface area contributed by atoms with Crippen LogP contribution in [-0.4, -0.2) is 62.1 Å². The van der Waals surface area contributed by atoms with Crippen LogP contribution in [0.5, 0.6) is 5.75 Å². The van der Waals surface area contributed by atoms with Gasteiger partial charge in [0.2, 0.25) is 9.47 Å². The van der Waals surface area contributed by atoms with Crippen molar-refractivity contribution in [1.82, 2.24) is 14.5 Å². The van der Waals surface area contributed by atoms with E-state index in [-0.39, 0.29) is 15.4 Å². The number of hydrogen-bond acceptors (Lipinski definition) is 8. The van der Waals surface area contributed by atoms with Crippen LogP contribution < -0.4 is 15.0 Å². The van der Waals surface area contributed by atoms with Gasteiger partial charge in [-0.15, -0.1) is 10.2 Å². The van der Waals surface area contributed by atoms with E-state index < -0.39 is 10.0 Å². The van der Waals surface area contributed by atoms with Gasteiger partial charge in [-0.2, -0.15) is 4.31 Å². The van der Waals surface area contributed by atoms with E-state index in [9.17, 15) is 13.2 Å². The van der Waals surface area contributed by atoms with Gasteiger partial charge in [-0.25, -0.2) is 8.42 Å². The Labute approximate surface area is 190 Å². The molecule has 0 radical (unpaired) electrons. The van der Waals surface area contributed by atoms with Gasteiger partial charge in [0.25, 0.3) is 15.9 Å². The fourth-order valence-corrected chi connectivity index (χ4v) is 5.87. The van der Waals surface area contributed by atoms with Gasteiger partial charge >= 0.3 is 0 Å². The van der Waals surface area contributed by atoms with Crippen molar-refractivity contribution in [3.05, 3.63) is 59.7 Å². The predicted octanol–water partition coefficient (Wildman–Crippen LogP) is 2.62. The van der Waals surface area contributed by atoms with Crippen molar-refractivity contribution < 1.29 is 17.9 Å². The highest BCUT2D eigenvalue weighted by molar-refractivity contribution is 7.91. The average Bonchev–Trinajstić information content (AvgIpc) is 3.29. The summed E-state index contributed by atoms with van der Waals surface area (Å²) in [5, 5.41) is 10.4. The van der Waals surface area contributed by atoms with Crippen LogP contribution in [0.2, 0.25) is 0 Å². The average molecular weight is 474 g/mol. The molecule has 3 aromatic rings. The summed E-state index contributed by atoms with van der Waals surface area (Å²) in [6.07, 6.45) is 0. The van der Waals surface area contributed by atoms with Crippen LogP contribution >= 0.6 is 11.3 Å². The number of para-hydroxylation sites is 2. The van der Waals surface area contributed by atoms with Crippen molar-refractivity contribution in [2.75, 3.05) is 43.5 Å². The molecule has 0 bridgehead atoms. The number of carbonyl (C=O) groups excluding carboxylic acids is 1. The third kappa shape index (κ3) is 4.59. The first-order valence-electron chi connectivity index (χ1n) is 9.98. The zero-order chi connectivity index (χ0) is 22.7. The monoisotopic (exact) mass is 473 g/mol. The maximum absolute atomic E-state index is 13.0. The lowest BCUT2D eigenvalue weighted by molar-refractivity contribution is 0.102. The minimum absolute atomic E-state index is 0.137. The maximum Gasteiger partial charge on any atom is 0.272 e. The molecule has 0 saturated carbocycles. The predicted molar refractivity (Wildman–Crippen MR) is 123 cm³/mol. The van der Waals surface area contributed by atoms with E-state index in [0.29, 0.717) is 31.7 Å². The van der Waals surface area contributed by atoms with Crippen molar-refractivity contribution in [1.29, 1.82) is 0 Å². The summed E-state index contributed by atoms with van der Waals surface area (Å²) in [5.41, 5.74) is 2.43. The van der Waals surface area contributed by atoms with E-state index in [1.807, 2.05) is 43.3 Å². The van der Waals surface area contributed by atoms with Gasteiger partial charge in [-0.05, 0) is 31.2 Å². The fraction of sp³-hybridized carbons (Fsp3) is 0.286. The number of rotatable bonds is 6. The lowest BCUT2D eigenvalue weighted by atomic mass is 10.1. The number of benzene rings is 2. The molecule has 1 aliphatic rings. The van der Waals surface area contributed by atoms with Crippen LogP contribution in [0.1, 0.15) is 15.9 Å². The summed E-state index contributed by atoms with van der Waals surface area (Å²) in [6, 6.07) is 14.7. The second-order valence-corrected chi connectivity index (χ2v) is 10.3. The number of aromatic nitrogens is 2. The zero-order valence-electron chi connectivity index (χ0n) is 17.7. The molecule has 2 heterocycles. The Balaban J connectivity index is 1.42. The lowest BCUT2D eigenvalue weighted by Crippen LogP contribution is -2.48. The number of nitrogens with zero attached hydrogens (tertiary/aromatic N) is 4. The van der Waals surface area contributed by atoms with E-state index in [0.717, 1.165) is 28.3 Å². The first-order valence-corrected chi connectivity index (χ1v) is 12.2. The van der Waals surface area contributed by atoms with Gasteiger partial charge in [0.05, 0.1) is 12.8 Å². The number of aryl methyl sites for hydroxylation is 1. The van der Waals surface area contributed by atoms with Crippen LogP contribution in [-0.2, 0) is 10.0 Å². The second-order valence-electron chi connectivity index (χ2n) is 7.26. The van der Waals surface area contributed by atoms with Gasteiger partial charge in [0, 0.05) is 31.7 Å². The molecular weight excluding hydrogens is 450 g/mol. The van der Waals surface area contributed by atoms with E-state index in [4.69, 9.17) is 4.74 Å². The Kier molecular flexibility index (Phi) is 6.40. The summed E-state index contributed by atoms with van der Waals surface area (Å²) in [4.78, 5) is 14.5. The fourth-order valence-electron chi connectivity index (χ4n) is 3.41. The third-order valence-electron chi connectivity index (χ3n) is 5.17. The SMILES string of the molecule is COc1ccccc1N1CCN(S(=O)(=O)c2nnc(NC(=O)c3ccc(C)cc3)s2)CC1. The molecule has 1 aliphatic heterocycles. The molecular formula is C21H23N5O4S2. The molecule has 168 valence electrons. The Bertz CT molecular complexity index is 1200. The Morgan fingerprint density at radius 1 is 1.03 bits per heavy atom. The number of sulfonamides is 1. The molecule has 32 heavy (non-hydrogen) atoms. The number of anilines is 2. The lowest BCUT2D eigenvalue weighted by Gasteiger charge is -2.35. The Morgan fingerprint density at radius 2 is 1.72 bits per heavy atom. The molecule has 2 aromatic carbocycles. The number of hydrogen-bond donors (Lipinski definition) is 1. The molecule has 1 saturated heterocycles. The Morgan fingerprint density at radius 3 is 2.41 bits per heavy atom. The summed E-state index contributed by atoms with van der Waals surface area (Å²) < 4.78 is 32.7. The van der Waals surface area contributed by atoms with Gasteiger partial charge in [-0.1, -0.05) is 41.2 Å². The van der Waals surface area contributed by atoms with Crippen molar-refractivity contribution in [2.45, 2.75) is 11.3 Å². The standard InChI is InChI=1S/C21H23N5O4S2/c1-15-7-9-16(10-8-15)19(27)22-20-23-24-21(31-20)32(28,29)26-13-11-25(12-14-26)17-5-3-4-6-18(17)30-2/h3-10H,11-14H2,1-2H3,(H,22,23,27). The molecule has 0 aliphatic carbocycles. The summed E-state index contributed by atoms with van der Waals surface area (Å²) >= 11 is 0.845. The molecule has 4 rings (SSSR count). The quantitative estimate of drug-likeness (QED) is 0.549. The van der Waals surface area contributed by atoms with E-state index >= 15 is 0 Å². The third-order valence-corrected chi connectivity index (χ3v) is 8.25. The molecule has 1 amide bonds. The topological polar surface area (TPSA) is 105 Å².